The Morgan fingerprint density at radius 3 is 1.76 bits per heavy atom. The number of benzene rings is 2. The Bertz CT molecular complexity index is 1130. The van der Waals surface area contributed by atoms with E-state index < -0.39 is 23.5 Å². The van der Waals surface area contributed by atoms with Crippen LogP contribution in [-0.4, -0.2) is 17.0 Å². The third-order valence-corrected chi connectivity index (χ3v) is 5.50. The van der Waals surface area contributed by atoms with Gasteiger partial charge in [-0.25, -0.2) is 9.59 Å². The fourth-order valence-corrected chi connectivity index (χ4v) is 3.85. The summed E-state index contributed by atoms with van der Waals surface area (Å²) in [5.41, 5.74) is 3.37. The summed E-state index contributed by atoms with van der Waals surface area (Å²) in [4.78, 5) is 24.8. The molecule has 5 nitrogen and oxygen atoms in total. The summed E-state index contributed by atoms with van der Waals surface area (Å²) in [6.45, 7) is 22.9. The van der Waals surface area contributed by atoms with Crippen LogP contribution in [0.15, 0.2) is 49.6 Å². The molecule has 0 aliphatic carbocycles. The van der Waals surface area contributed by atoms with E-state index in [1.54, 1.807) is 12.1 Å². The van der Waals surface area contributed by atoms with Gasteiger partial charge in [0, 0.05) is 28.8 Å². The van der Waals surface area contributed by atoms with Crippen molar-refractivity contribution in [1.29, 1.82) is 0 Å². The van der Waals surface area contributed by atoms with Crippen LogP contribution in [-0.2, 0) is 25.2 Å². The Balaban J connectivity index is 2.99. The minimum atomic E-state index is -1.04. The predicted molar refractivity (Wildman–Crippen MR) is 135 cm³/mol. The molecular formula is C29H36O5. The van der Waals surface area contributed by atoms with Crippen LogP contribution in [0.4, 0.5) is 0 Å². The zero-order valence-corrected chi connectivity index (χ0v) is 21.5. The molecule has 5 heteroatoms. The molecule has 2 rings (SSSR count). The third kappa shape index (κ3) is 5.96. The van der Waals surface area contributed by atoms with Gasteiger partial charge in [0.15, 0.2) is 6.10 Å². The number of phenolic OH excluding ortho intramolecular Hbond substituents is 1. The van der Waals surface area contributed by atoms with Gasteiger partial charge in [-0.05, 0) is 42.4 Å². The lowest BCUT2D eigenvalue weighted by atomic mass is 9.80. The molecule has 0 fully saturated rings. The van der Waals surface area contributed by atoms with Gasteiger partial charge in [0.25, 0.3) is 0 Å². The topological polar surface area (TPSA) is 72.8 Å². The summed E-state index contributed by atoms with van der Waals surface area (Å²) in [6, 6.07) is 7.45. The summed E-state index contributed by atoms with van der Waals surface area (Å²) >= 11 is 0. The number of phenols is 1. The maximum Gasteiger partial charge on any atom is 0.335 e. The quantitative estimate of drug-likeness (QED) is 0.299. The lowest BCUT2D eigenvalue weighted by molar-refractivity contribution is -0.141. The van der Waals surface area contributed by atoms with E-state index in [4.69, 9.17) is 9.47 Å². The molecule has 2 aromatic carbocycles. The van der Waals surface area contributed by atoms with Crippen LogP contribution in [0.25, 0.3) is 0 Å². The molecule has 1 unspecified atom stereocenters. The smallest absolute Gasteiger partial charge is 0.335 e. The summed E-state index contributed by atoms with van der Waals surface area (Å²) in [5, 5.41) is 11.3. The van der Waals surface area contributed by atoms with Crippen molar-refractivity contribution in [3.63, 3.8) is 0 Å². The molecule has 0 aromatic heterocycles. The number of hydrogen-bond donors (Lipinski definition) is 1. The molecule has 1 atom stereocenters. The summed E-state index contributed by atoms with van der Waals surface area (Å²) in [6.07, 6.45) is 1.11. The van der Waals surface area contributed by atoms with Gasteiger partial charge in [0.1, 0.15) is 11.5 Å². The Hall–Kier alpha value is -3.34. The van der Waals surface area contributed by atoms with Gasteiger partial charge >= 0.3 is 11.9 Å². The number of rotatable bonds is 6. The Labute approximate surface area is 203 Å². The van der Waals surface area contributed by atoms with Crippen LogP contribution < -0.4 is 4.74 Å². The maximum absolute atomic E-state index is 12.5. The Morgan fingerprint density at radius 2 is 1.29 bits per heavy atom. The standard InChI is InChI=1S/C29H36O5/c1-11-23(30)33-26(19-13-17(3)15-21(25(19)32)28(5,6)7)20-14-18(4)16-22(29(8,9)10)27(20)34-24(31)12-2/h11-16,26,32H,1-2H2,3-10H3. The van der Waals surface area contributed by atoms with Crippen molar-refractivity contribution in [2.75, 3.05) is 0 Å². The average Bonchev–Trinajstić information content (AvgIpc) is 2.72. The van der Waals surface area contributed by atoms with Gasteiger partial charge in [0.2, 0.25) is 0 Å². The normalized spacial score (nSPS) is 12.6. The largest absolute Gasteiger partial charge is 0.507 e. The number of hydrogen-bond acceptors (Lipinski definition) is 5. The third-order valence-electron chi connectivity index (χ3n) is 5.50. The summed E-state index contributed by atoms with van der Waals surface area (Å²) < 4.78 is 11.6. The van der Waals surface area contributed by atoms with E-state index in [-0.39, 0.29) is 16.9 Å². The highest BCUT2D eigenvalue weighted by atomic mass is 16.6. The molecule has 34 heavy (non-hydrogen) atoms. The van der Waals surface area contributed by atoms with E-state index in [0.717, 1.165) is 34.4 Å². The van der Waals surface area contributed by atoms with Crippen molar-refractivity contribution in [1.82, 2.24) is 0 Å². The van der Waals surface area contributed by atoms with Crippen molar-refractivity contribution in [3.05, 3.63) is 83.0 Å². The minimum Gasteiger partial charge on any atom is -0.507 e. The molecule has 182 valence electrons. The lowest BCUT2D eigenvalue weighted by Crippen LogP contribution is -2.21. The first-order valence-electron chi connectivity index (χ1n) is 11.3. The van der Waals surface area contributed by atoms with Crippen molar-refractivity contribution in [3.8, 4) is 11.5 Å². The second-order valence-corrected chi connectivity index (χ2v) is 10.6. The van der Waals surface area contributed by atoms with Gasteiger partial charge in [-0.15, -0.1) is 0 Å². The number of carbonyl (C=O) groups is 2. The van der Waals surface area contributed by atoms with Crippen LogP contribution >= 0.6 is 0 Å². The van der Waals surface area contributed by atoms with Crippen molar-refractivity contribution in [2.45, 2.75) is 72.3 Å². The fraction of sp³-hybridized carbons (Fsp3) is 0.379. The zero-order valence-electron chi connectivity index (χ0n) is 21.5. The monoisotopic (exact) mass is 464 g/mol. The van der Waals surface area contributed by atoms with Crippen LogP contribution in [0.5, 0.6) is 11.5 Å². The van der Waals surface area contributed by atoms with Crippen LogP contribution in [0.2, 0.25) is 0 Å². The second kappa shape index (κ2) is 9.88. The maximum atomic E-state index is 12.5. The van der Waals surface area contributed by atoms with Gasteiger partial charge in [-0.1, -0.05) is 78.0 Å². The molecule has 0 amide bonds. The van der Waals surface area contributed by atoms with Gasteiger partial charge < -0.3 is 14.6 Å². The molecule has 0 bridgehead atoms. The number of esters is 2. The highest BCUT2D eigenvalue weighted by Crippen LogP contribution is 2.45. The van der Waals surface area contributed by atoms with E-state index in [0.29, 0.717) is 11.1 Å². The predicted octanol–water partition coefficient (Wildman–Crippen LogP) is 6.51. The highest BCUT2D eigenvalue weighted by Gasteiger charge is 2.33. The first-order chi connectivity index (χ1) is 15.6. The molecule has 0 heterocycles. The molecule has 0 spiro atoms. The Kier molecular flexibility index (Phi) is 7.82. The molecule has 0 aliphatic rings. The van der Waals surface area contributed by atoms with Crippen LogP contribution in [0, 0.1) is 13.8 Å². The number of carbonyl (C=O) groups excluding carboxylic acids is 2. The Morgan fingerprint density at radius 1 is 0.824 bits per heavy atom. The van der Waals surface area contributed by atoms with E-state index in [1.165, 1.54) is 0 Å². The molecule has 2 aromatic rings. The summed E-state index contributed by atoms with van der Waals surface area (Å²) in [7, 11) is 0. The van der Waals surface area contributed by atoms with E-state index in [2.05, 4.69) is 13.2 Å². The lowest BCUT2D eigenvalue weighted by Gasteiger charge is -2.29. The van der Waals surface area contributed by atoms with E-state index in [1.807, 2.05) is 67.5 Å². The minimum absolute atomic E-state index is 0.0276. The SMILES string of the molecule is C=CC(=O)Oc1c(C(OC(=O)C=C)c2cc(C)cc(C(C)(C)C)c2O)cc(C)cc1C(C)(C)C. The zero-order chi connectivity index (χ0) is 26.0. The number of aromatic hydroxyl groups is 1. The van der Waals surface area contributed by atoms with Gasteiger partial charge in [-0.2, -0.15) is 0 Å². The molecule has 1 N–H and O–H groups in total. The molecule has 0 radical (unpaired) electrons. The number of ether oxygens (including phenoxy) is 2. The number of aryl methyl sites for hydroxylation is 2. The van der Waals surface area contributed by atoms with Crippen LogP contribution in [0.1, 0.15) is 81.0 Å². The fourth-order valence-electron chi connectivity index (χ4n) is 3.85. The van der Waals surface area contributed by atoms with Gasteiger partial charge in [-0.3, -0.25) is 0 Å². The second-order valence-electron chi connectivity index (χ2n) is 10.6. The van der Waals surface area contributed by atoms with Gasteiger partial charge in [0.05, 0.1) is 0 Å². The van der Waals surface area contributed by atoms with Crippen molar-refractivity contribution >= 4 is 11.9 Å². The summed E-state index contributed by atoms with van der Waals surface area (Å²) in [5.74, 6) is -0.987. The van der Waals surface area contributed by atoms with E-state index in [9.17, 15) is 14.7 Å². The van der Waals surface area contributed by atoms with Crippen molar-refractivity contribution < 1.29 is 24.2 Å². The first kappa shape index (κ1) is 26.9. The molecular weight excluding hydrogens is 428 g/mol. The van der Waals surface area contributed by atoms with Crippen LogP contribution in [0.3, 0.4) is 0 Å². The molecule has 0 aliphatic heterocycles. The average molecular weight is 465 g/mol. The molecule has 0 saturated heterocycles. The van der Waals surface area contributed by atoms with Crippen molar-refractivity contribution in [2.24, 2.45) is 0 Å². The highest BCUT2D eigenvalue weighted by molar-refractivity contribution is 5.84. The van der Waals surface area contributed by atoms with E-state index >= 15 is 0 Å². The first-order valence-corrected chi connectivity index (χ1v) is 11.3. The molecule has 0 saturated carbocycles.